The van der Waals surface area contributed by atoms with Gasteiger partial charge in [0.25, 0.3) is 0 Å². The second kappa shape index (κ2) is 4.14. The predicted octanol–water partition coefficient (Wildman–Crippen LogP) is 2.05. The number of nitrogens with two attached hydrogens (primary N) is 1. The van der Waals surface area contributed by atoms with Crippen molar-refractivity contribution in [3.8, 4) is 5.75 Å². The Balaban J connectivity index is 2.26. The number of carbonyl (C=O) groups excluding carboxylic acids is 1. The Bertz CT molecular complexity index is 388. The average molecular weight is 223 g/mol. The zero-order valence-electron chi connectivity index (χ0n) is 8.53. The second-order valence-corrected chi connectivity index (χ2v) is 4.39. The van der Waals surface area contributed by atoms with Gasteiger partial charge >= 0.3 is 0 Å². The molecule has 80 valence electrons. The van der Waals surface area contributed by atoms with Gasteiger partial charge in [-0.25, -0.2) is 0 Å². The highest BCUT2D eigenvalue weighted by Crippen LogP contribution is 2.30. The monoisotopic (exact) mass is 223 g/mol. The Kier molecular flexibility index (Phi) is 2.86. The smallest absolute Gasteiger partial charge is 0.249 e. The van der Waals surface area contributed by atoms with E-state index in [9.17, 15) is 4.79 Å². The molecule has 1 fully saturated rings. The summed E-state index contributed by atoms with van der Waals surface area (Å²) in [6.07, 6.45) is 4.47. The molecule has 1 saturated carbocycles. The van der Waals surface area contributed by atoms with Crippen molar-refractivity contribution in [1.82, 2.24) is 0 Å². The maximum atomic E-state index is 11.2. The molecule has 1 amide bonds. The van der Waals surface area contributed by atoms with Gasteiger partial charge in [-0.3, -0.25) is 4.79 Å². The molecule has 2 rings (SSSR count). The number of thioether (sulfide) groups is 1. The van der Waals surface area contributed by atoms with E-state index in [1.165, 1.54) is 11.8 Å². The van der Waals surface area contributed by atoms with Gasteiger partial charge in [-0.2, -0.15) is 0 Å². The Morgan fingerprint density at radius 1 is 1.53 bits per heavy atom. The highest BCUT2D eigenvalue weighted by Gasteiger charge is 2.23. The minimum Gasteiger partial charge on any atom is -0.490 e. The van der Waals surface area contributed by atoms with Crippen LogP contribution in [0.2, 0.25) is 0 Å². The Morgan fingerprint density at radius 3 is 2.80 bits per heavy atom. The summed E-state index contributed by atoms with van der Waals surface area (Å²) in [7, 11) is 0. The summed E-state index contributed by atoms with van der Waals surface area (Å²) in [5.41, 5.74) is 5.84. The molecule has 1 aliphatic carbocycles. The first-order valence-corrected chi connectivity index (χ1v) is 6.07. The first-order chi connectivity index (χ1) is 7.20. The van der Waals surface area contributed by atoms with Gasteiger partial charge in [-0.1, -0.05) is 0 Å². The normalized spacial score (nSPS) is 15.0. The van der Waals surface area contributed by atoms with Crippen molar-refractivity contribution in [2.24, 2.45) is 5.73 Å². The fraction of sp³-hybridized carbons (Fsp3) is 0.364. The number of ether oxygens (including phenoxy) is 1. The molecule has 3 nitrogen and oxygen atoms in total. The third kappa shape index (κ3) is 2.45. The summed E-state index contributed by atoms with van der Waals surface area (Å²) in [5.74, 6) is 0.338. The quantitative estimate of drug-likeness (QED) is 0.795. The van der Waals surface area contributed by atoms with E-state index in [1.54, 1.807) is 6.07 Å². The van der Waals surface area contributed by atoms with Gasteiger partial charge in [0.2, 0.25) is 5.91 Å². The molecule has 1 aliphatic rings. The van der Waals surface area contributed by atoms with Gasteiger partial charge < -0.3 is 10.5 Å². The Hall–Kier alpha value is -1.16. The number of amides is 1. The van der Waals surface area contributed by atoms with Crippen LogP contribution < -0.4 is 10.5 Å². The van der Waals surface area contributed by atoms with Crippen LogP contribution in [0.5, 0.6) is 5.75 Å². The van der Waals surface area contributed by atoms with Crippen molar-refractivity contribution in [3.63, 3.8) is 0 Å². The first kappa shape index (κ1) is 10.4. The summed E-state index contributed by atoms with van der Waals surface area (Å²) < 4.78 is 5.60. The average Bonchev–Trinajstić information content (AvgIpc) is 3.01. The molecule has 0 spiro atoms. The highest BCUT2D eigenvalue weighted by atomic mass is 32.2. The highest BCUT2D eigenvalue weighted by molar-refractivity contribution is 7.98. The third-order valence-electron chi connectivity index (χ3n) is 2.26. The van der Waals surface area contributed by atoms with Crippen LogP contribution in [0.15, 0.2) is 23.1 Å². The van der Waals surface area contributed by atoms with Crippen LogP contribution in [0.3, 0.4) is 0 Å². The largest absolute Gasteiger partial charge is 0.490 e. The Morgan fingerprint density at radius 2 is 2.27 bits per heavy atom. The standard InChI is InChI=1S/C11H13NO2S/c1-15-10-5-4-8(14-7-2-3-7)6-9(10)11(12)13/h4-7H,2-3H2,1H3,(H2,12,13). The summed E-state index contributed by atoms with van der Waals surface area (Å²) >= 11 is 1.51. The molecule has 0 aliphatic heterocycles. The van der Waals surface area contributed by atoms with E-state index in [4.69, 9.17) is 10.5 Å². The van der Waals surface area contributed by atoms with Gasteiger partial charge in [0.1, 0.15) is 5.75 Å². The van der Waals surface area contributed by atoms with E-state index in [0.29, 0.717) is 11.7 Å². The predicted molar refractivity (Wildman–Crippen MR) is 60.4 cm³/mol. The van der Waals surface area contributed by atoms with Gasteiger partial charge in [-0.15, -0.1) is 11.8 Å². The lowest BCUT2D eigenvalue weighted by molar-refractivity contribution is 0.0997. The van der Waals surface area contributed by atoms with Crippen molar-refractivity contribution in [2.75, 3.05) is 6.26 Å². The van der Waals surface area contributed by atoms with Crippen LogP contribution >= 0.6 is 11.8 Å². The van der Waals surface area contributed by atoms with Crippen LogP contribution in [0.4, 0.5) is 0 Å². The SMILES string of the molecule is CSc1ccc(OC2CC2)cc1C(N)=O. The van der Waals surface area contributed by atoms with Crippen LogP contribution in [0.25, 0.3) is 0 Å². The zero-order chi connectivity index (χ0) is 10.8. The van der Waals surface area contributed by atoms with Gasteiger partial charge in [-0.05, 0) is 37.3 Å². The molecule has 4 heteroatoms. The Labute approximate surface area is 93.0 Å². The minimum atomic E-state index is -0.402. The van der Waals surface area contributed by atoms with Crippen LogP contribution in [0.1, 0.15) is 23.2 Å². The fourth-order valence-electron chi connectivity index (χ4n) is 1.33. The van der Waals surface area contributed by atoms with E-state index in [2.05, 4.69) is 0 Å². The number of carbonyl (C=O) groups is 1. The number of primary amides is 1. The second-order valence-electron chi connectivity index (χ2n) is 3.54. The van der Waals surface area contributed by atoms with E-state index in [0.717, 1.165) is 23.5 Å². The molecule has 2 N–H and O–H groups in total. The van der Waals surface area contributed by atoms with Gasteiger partial charge in [0.05, 0.1) is 11.7 Å². The summed E-state index contributed by atoms with van der Waals surface area (Å²) in [4.78, 5) is 12.1. The lowest BCUT2D eigenvalue weighted by atomic mass is 10.2. The zero-order valence-corrected chi connectivity index (χ0v) is 9.34. The summed E-state index contributed by atoms with van der Waals surface area (Å²) in [6.45, 7) is 0. The molecule has 15 heavy (non-hydrogen) atoms. The molecular formula is C11H13NO2S. The van der Waals surface area contributed by atoms with Crippen molar-refractivity contribution in [3.05, 3.63) is 23.8 Å². The molecule has 0 radical (unpaired) electrons. The molecule has 1 aromatic carbocycles. The number of hydrogen-bond donors (Lipinski definition) is 1. The lowest BCUT2D eigenvalue weighted by Crippen LogP contribution is -2.12. The molecule has 0 unspecified atom stereocenters. The molecule has 0 heterocycles. The van der Waals surface area contributed by atoms with Gasteiger partial charge in [0, 0.05) is 4.90 Å². The van der Waals surface area contributed by atoms with Crippen molar-refractivity contribution in [2.45, 2.75) is 23.8 Å². The van der Waals surface area contributed by atoms with Crippen LogP contribution in [0, 0.1) is 0 Å². The molecule has 0 aromatic heterocycles. The molecule has 0 saturated heterocycles. The maximum absolute atomic E-state index is 11.2. The molecule has 0 bridgehead atoms. The first-order valence-electron chi connectivity index (χ1n) is 4.85. The summed E-state index contributed by atoms with van der Waals surface area (Å²) in [5, 5.41) is 0. The van der Waals surface area contributed by atoms with Crippen LogP contribution in [-0.2, 0) is 0 Å². The lowest BCUT2D eigenvalue weighted by Gasteiger charge is -2.08. The molecule has 0 atom stereocenters. The third-order valence-corrected chi connectivity index (χ3v) is 3.06. The molecule has 1 aromatic rings. The van der Waals surface area contributed by atoms with Gasteiger partial charge in [0.15, 0.2) is 0 Å². The van der Waals surface area contributed by atoms with Crippen molar-refractivity contribution in [1.29, 1.82) is 0 Å². The van der Waals surface area contributed by atoms with Crippen molar-refractivity contribution >= 4 is 17.7 Å². The maximum Gasteiger partial charge on any atom is 0.249 e. The van der Waals surface area contributed by atoms with E-state index < -0.39 is 5.91 Å². The molecular weight excluding hydrogens is 210 g/mol. The fourth-order valence-corrected chi connectivity index (χ4v) is 1.91. The minimum absolute atomic E-state index is 0.339. The van der Waals surface area contributed by atoms with E-state index in [1.807, 2.05) is 18.4 Å². The summed E-state index contributed by atoms with van der Waals surface area (Å²) in [6, 6.07) is 5.49. The van der Waals surface area contributed by atoms with Crippen LogP contribution in [-0.4, -0.2) is 18.3 Å². The number of benzene rings is 1. The van der Waals surface area contributed by atoms with Crippen molar-refractivity contribution < 1.29 is 9.53 Å². The topological polar surface area (TPSA) is 52.3 Å². The number of hydrogen-bond acceptors (Lipinski definition) is 3. The number of rotatable bonds is 4. The van der Waals surface area contributed by atoms with E-state index >= 15 is 0 Å². The van der Waals surface area contributed by atoms with E-state index in [-0.39, 0.29) is 0 Å².